The molecule has 106 valence electrons. The molecular weight excluding hydrogens is 264 g/mol. The molecule has 1 aliphatic heterocycles. The minimum atomic E-state index is -3.60. The smallest absolute Gasteiger partial charge is 0.244 e. The fourth-order valence-corrected chi connectivity index (χ4v) is 3.64. The third-order valence-corrected chi connectivity index (χ3v) is 4.83. The number of pyridine rings is 1. The molecule has 1 fully saturated rings. The summed E-state index contributed by atoms with van der Waals surface area (Å²) in [6, 6.07) is 1.34. The maximum Gasteiger partial charge on any atom is 0.244 e. The Hall–Kier alpha value is -1.18. The lowest BCUT2D eigenvalue weighted by atomic mass is 10.3. The summed E-state index contributed by atoms with van der Waals surface area (Å²) in [7, 11) is -3.60. The number of nitrogens with zero attached hydrogens (tertiary/aromatic N) is 2. The van der Waals surface area contributed by atoms with Gasteiger partial charge in [-0.1, -0.05) is 0 Å². The highest BCUT2D eigenvalue weighted by Gasteiger charge is 2.22. The second kappa shape index (κ2) is 5.85. The zero-order valence-electron chi connectivity index (χ0n) is 11.0. The maximum atomic E-state index is 12.2. The number of hydrogen-bond acceptors (Lipinski definition) is 5. The lowest BCUT2D eigenvalue weighted by molar-refractivity contribution is 0.313. The molecule has 0 aromatic carbocycles. The van der Waals surface area contributed by atoms with E-state index in [9.17, 15) is 8.42 Å². The molecule has 1 atom stereocenters. The van der Waals surface area contributed by atoms with Crippen LogP contribution in [-0.2, 0) is 10.0 Å². The lowest BCUT2D eigenvalue weighted by Gasteiger charge is -2.21. The zero-order chi connectivity index (χ0) is 13.9. The van der Waals surface area contributed by atoms with E-state index in [1.54, 1.807) is 0 Å². The molecule has 1 unspecified atom stereocenters. The van der Waals surface area contributed by atoms with Crippen molar-refractivity contribution in [1.29, 1.82) is 0 Å². The molecule has 0 aliphatic carbocycles. The molecule has 1 saturated heterocycles. The van der Waals surface area contributed by atoms with Gasteiger partial charge in [0.15, 0.2) is 0 Å². The van der Waals surface area contributed by atoms with Crippen molar-refractivity contribution in [2.45, 2.75) is 30.7 Å². The molecule has 1 aromatic heterocycles. The highest BCUT2D eigenvalue weighted by atomic mass is 32.2. The van der Waals surface area contributed by atoms with Gasteiger partial charge in [0.25, 0.3) is 0 Å². The van der Waals surface area contributed by atoms with Gasteiger partial charge in [0.2, 0.25) is 10.0 Å². The molecule has 0 spiro atoms. The van der Waals surface area contributed by atoms with Crippen LogP contribution >= 0.6 is 0 Å². The molecule has 2 heterocycles. The molecule has 6 nitrogen and oxygen atoms in total. The van der Waals surface area contributed by atoms with E-state index in [1.807, 2.05) is 6.92 Å². The average molecular weight is 284 g/mol. The summed E-state index contributed by atoms with van der Waals surface area (Å²) in [4.78, 5) is 6.12. The molecule has 1 aromatic rings. The van der Waals surface area contributed by atoms with Crippen molar-refractivity contribution in [2.24, 2.45) is 0 Å². The van der Waals surface area contributed by atoms with Gasteiger partial charge in [-0.25, -0.2) is 13.1 Å². The van der Waals surface area contributed by atoms with Gasteiger partial charge < -0.3 is 10.6 Å². The number of nitrogens with one attached hydrogen (secondary N) is 1. The molecule has 7 heteroatoms. The number of sulfonamides is 1. The second-order valence-corrected chi connectivity index (χ2v) is 6.63. The first-order valence-electron chi connectivity index (χ1n) is 6.43. The molecular formula is C12H20N4O2S. The topological polar surface area (TPSA) is 88.3 Å². The summed E-state index contributed by atoms with van der Waals surface area (Å²) >= 11 is 0. The van der Waals surface area contributed by atoms with Crippen LogP contribution in [-0.4, -0.2) is 44.0 Å². The van der Waals surface area contributed by atoms with E-state index in [1.165, 1.54) is 31.3 Å². The van der Waals surface area contributed by atoms with E-state index < -0.39 is 10.0 Å². The third-order valence-electron chi connectivity index (χ3n) is 3.19. The Kier molecular flexibility index (Phi) is 4.38. The third kappa shape index (κ3) is 3.65. The van der Waals surface area contributed by atoms with Crippen LogP contribution in [0.15, 0.2) is 23.4 Å². The first kappa shape index (κ1) is 14.2. The summed E-state index contributed by atoms with van der Waals surface area (Å²) in [6.45, 7) is 4.67. The fraction of sp³-hybridized carbons (Fsp3) is 0.583. The van der Waals surface area contributed by atoms with Crippen LogP contribution < -0.4 is 10.5 Å². The predicted molar refractivity (Wildman–Crippen MR) is 74.1 cm³/mol. The van der Waals surface area contributed by atoms with Crippen molar-refractivity contribution in [3.8, 4) is 0 Å². The standard InChI is InChI=1S/C12H20N4O2S/c1-10(9-16-6-2-3-7-16)15-19(17,18)12-8-14-5-4-11(12)13/h4-5,8,10,15H,2-3,6-7,9H2,1H3,(H2,13,14). The van der Waals surface area contributed by atoms with Crippen molar-refractivity contribution in [3.05, 3.63) is 18.5 Å². The van der Waals surface area contributed by atoms with Gasteiger partial charge in [-0.3, -0.25) is 4.98 Å². The van der Waals surface area contributed by atoms with Crippen molar-refractivity contribution >= 4 is 15.7 Å². The van der Waals surface area contributed by atoms with Crippen LogP contribution in [0, 0.1) is 0 Å². The molecule has 2 rings (SSSR count). The Morgan fingerprint density at radius 3 is 2.79 bits per heavy atom. The maximum absolute atomic E-state index is 12.2. The van der Waals surface area contributed by atoms with Gasteiger partial charge in [-0.15, -0.1) is 0 Å². The number of nitrogen functional groups attached to an aromatic ring is 1. The molecule has 19 heavy (non-hydrogen) atoms. The molecule has 3 N–H and O–H groups in total. The monoisotopic (exact) mass is 284 g/mol. The minimum Gasteiger partial charge on any atom is -0.398 e. The van der Waals surface area contributed by atoms with Crippen LogP contribution in [0.2, 0.25) is 0 Å². The fourth-order valence-electron chi connectivity index (χ4n) is 2.33. The van der Waals surface area contributed by atoms with E-state index in [0.717, 1.165) is 19.6 Å². The number of nitrogens with two attached hydrogens (primary N) is 1. The quantitative estimate of drug-likeness (QED) is 0.818. The van der Waals surface area contributed by atoms with Gasteiger partial charge in [0.1, 0.15) is 4.90 Å². The molecule has 0 bridgehead atoms. The van der Waals surface area contributed by atoms with Crippen molar-refractivity contribution < 1.29 is 8.42 Å². The summed E-state index contributed by atoms with van der Waals surface area (Å²) in [5.74, 6) is 0. The average Bonchev–Trinajstić information content (AvgIpc) is 2.81. The summed E-state index contributed by atoms with van der Waals surface area (Å²) in [5, 5.41) is 0. The number of rotatable bonds is 5. The van der Waals surface area contributed by atoms with E-state index in [-0.39, 0.29) is 16.6 Å². The Morgan fingerprint density at radius 2 is 2.16 bits per heavy atom. The van der Waals surface area contributed by atoms with Crippen LogP contribution in [0.4, 0.5) is 5.69 Å². The van der Waals surface area contributed by atoms with Gasteiger partial charge in [0, 0.05) is 25.0 Å². The van der Waals surface area contributed by atoms with Crippen LogP contribution in [0.5, 0.6) is 0 Å². The number of aromatic nitrogens is 1. The lowest BCUT2D eigenvalue weighted by Crippen LogP contribution is -2.41. The summed E-state index contributed by atoms with van der Waals surface area (Å²) in [6.07, 6.45) is 5.13. The second-order valence-electron chi connectivity index (χ2n) is 4.94. The van der Waals surface area contributed by atoms with Crippen molar-refractivity contribution in [3.63, 3.8) is 0 Å². The van der Waals surface area contributed by atoms with Gasteiger partial charge >= 0.3 is 0 Å². The Labute approximate surface area is 114 Å². The summed E-state index contributed by atoms with van der Waals surface area (Å²) in [5.41, 5.74) is 5.89. The first-order valence-corrected chi connectivity index (χ1v) is 7.91. The molecule has 1 aliphatic rings. The van der Waals surface area contributed by atoms with Gasteiger partial charge in [-0.05, 0) is 38.9 Å². The van der Waals surface area contributed by atoms with E-state index in [4.69, 9.17) is 5.73 Å². The Morgan fingerprint density at radius 1 is 1.47 bits per heavy atom. The Bertz CT molecular complexity index is 526. The van der Waals surface area contributed by atoms with Gasteiger partial charge in [0.05, 0.1) is 5.69 Å². The van der Waals surface area contributed by atoms with Crippen molar-refractivity contribution in [2.75, 3.05) is 25.4 Å². The SMILES string of the molecule is CC(CN1CCCC1)NS(=O)(=O)c1cnccc1N. The number of likely N-dealkylation sites (tertiary alicyclic amines) is 1. The molecule has 0 amide bonds. The molecule has 0 radical (unpaired) electrons. The minimum absolute atomic E-state index is 0.0447. The highest BCUT2D eigenvalue weighted by molar-refractivity contribution is 7.89. The van der Waals surface area contributed by atoms with Crippen molar-refractivity contribution in [1.82, 2.24) is 14.6 Å². The molecule has 0 saturated carbocycles. The Balaban J connectivity index is 2.02. The largest absolute Gasteiger partial charge is 0.398 e. The normalized spacial score (nSPS) is 18.6. The zero-order valence-corrected chi connectivity index (χ0v) is 11.9. The van der Waals surface area contributed by atoms with Crippen LogP contribution in [0.25, 0.3) is 0 Å². The van der Waals surface area contributed by atoms with Gasteiger partial charge in [-0.2, -0.15) is 0 Å². The van der Waals surface area contributed by atoms with E-state index >= 15 is 0 Å². The first-order chi connectivity index (χ1) is 8.99. The number of hydrogen-bond donors (Lipinski definition) is 2. The summed E-state index contributed by atoms with van der Waals surface area (Å²) < 4.78 is 27.0. The van der Waals surface area contributed by atoms with Crippen LogP contribution in [0.3, 0.4) is 0 Å². The van der Waals surface area contributed by atoms with Crippen LogP contribution in [0.1, 0.15) is 19.8 Å². The predicted octanol–water partition coefficient (Wildman–Crippen LogP) is 0.426. The highest BCUT2D eigenvalue weighted by Crippen LogP contribution is 2.16. The number of anilines is 1. The van der Waals surface area contributed by atoms with E-state index in [2.05, 4.69) is 14.6 Å². The van der Waals surface area contributed by atoms with E-state index in [0.29, 0.717) is 0 Å².